The van der Waals surface area contributed by atoms with E-state index in [2.05, 4.69) is 4.98 Å². The maximum Gasteiger partial charge on any atom is 0.179 e. The molecule has 18 heavy (non-hydrogen) atoms. The van der Waals surface area contributed by atoms with Crippen molar-refractivity contribution in [1.29, 1.82) is 0 Å². The third kappa shape index (κ3) is 2.30. The molecule has 3 nitrogen and oxygen atoms in total. The lowest BCUT2D eigenvalue weighted by Gasteiger charge is -2.06. The van der Waals surface area contributed by atoms with Crippen LogP contribution < -0.4 is 0 Å². The number of imidazole rings is 1. The van der Waals surface area contributed by atoms with Crippen molar-refractivity contribution in [1.82, 2.24) is 9.55 Å². The van der Waals surface area contributed by atoms with Gasteiger partial charge in [0.1, 0.15) is 11.5 Å². The van der Waals surface area contributed by atoms with Crippen LogP contribution in [0.3, 0.4) is 0 Å². The average molecular weight is 250 g/mol. The van der Waals surface area contributed by atoms with Gasteiger partial charge in [-0.25, -0.2) is 13.8 Å². The highest BCUT2D eigenvalue weighted by Gasteiger charge is 2.12. The van der Waals surface area contributed by atoms with Crippen LogP contribution >= 0.6 is 0 Å². The number of carbonyl (C=O) groups is 1. The fourth-order valence-electron chi connectivity index (χ4n) is 1.69. The van der Waals surface area contributed by atoms with E-state index < -0.39 is 11.6 Å². The first-order valence-corrected chi connectivity index (χ1v) is 5.46. The molecule has 0 atom stereocenters. The Morgan fingerprint density at radius 3 is 2.72 bits per heavy atom. The van der Waals surface area contributed by atoms with Crippen LogP contribution in [0.1, 0.15) is 28.8 Å². The molecule has 0 aliphatic heterocycles. The third-order valence-electron chi connectivity index (χ3n) is 2.71. The summed E-state index contributed by atoms with van der Waals surface area (Å²) >= 11 is 0. The van der Waals surface area contributed by atoms with Crippen molar-refractivity contribution >= 4 is 5.78 Å². The summed E-state index contributed by atoms with van der Waals surface area (Å²) in [6.45, 7) is 3.27. The molecule has 0 aliphatic carbocycles. The Morgan fingerprint density at radius 2 is 2.11 bits per heavy atom. The molecule has 94 valence electrons. The van der Waals surface area contributed by atoms with Gasteiger partial charge >= 0.3 is 0 Å². The van der Waals surface area contributed by atoms with E-state index in [-0.39, 0.29) is 17.9 Å². The summed E-state index contributed by atoms with van der Waals surface area (Å²) < 4.78 is 28.2. The van der Waals surface area contributed by atoms with E-state index >= 15 is 0 Å². The molecule has 0 amide bonds. The predicted molar refractivity (Wildman–Crippen MR) is 62.4 cm³/mol. The van der Waals surface area contributed by atoms with Gasteiger partial charge in [-0.3, -0.25) is 4.79 Å². The van der Waals surface area contributed by atoms with E-state index in [1.165, 1.54) is 19.1 Å². The second-order valence-electron chi connectivity index (χ2n) is 4.07. The van der Waals surface area contributed by atoms with Crippen LogP contribution in [-0.2, 0) is 6.54 Å². The number of halogens is 2. The lowest BCUT2D eigenvalue weighted by molar-refractivity contribution is 0.101. The number of aryl methyl sites for hydroxylation is 1. The molecular weight excluding hydrogens is 238 g/mol. The van der Waals surface area contributed by atoms with Crippen LogP contribution in [0.2, 0.25) is 0 Å². The van der Waals surface area contributed by atoms with Crippen LogP contribution in [0, 0.1) is 18.6 Å². The SMILES string of the molecule is CC(=O)c1cn(Cc2cccc(F)c2F)c(C)n1. The van der Waals surface area contributed by atoms with Crippen LogP contribution in [0.25, 0.3) is 0 Å². The maximum atomic E-state index is 13.5. The number of nitrogens with zero attached hydrogens (tertiary/aromatic N) is 2. The van der Waals surface area contributed by atoms with Crippen LogP contribution in [-0.4, -0.2) is 15.3 Å². The Bertz CT molecular complexity index is 605. The van der Waals surface area contributed by atoms with E-state index in [1.807, 2.05) is 0 Å². The zero-order valence-corrected chi connectivity index (χ0v) is 10.1. The highest BCUT2D eigenvalue weighted by Crippen LogP contribution is 2.14. The van der Waals surface area contributed by atoms with Crippen LogP contribution in [0.15, 0.2) is 24.4 Å². The van der Waals surface area contributed by atoms with Gasteiger partial charge in [0.15, 0.2) is 17.4 Å². The predicted octanol–water partition coefficient (Wildman–Crippen LogP) is 2.72. The van der Waals surface area contributed by atoms with Crippen molar-refractivity contribution in [3.8, 4) is 0 Å². The number of hydrogen-bond donors (Lipinski definition) is 0. The molecule has 1 aromatic carbocycles. The molecular formula is C13H12F2N2O. The summed E-state index contributed by atoms with van der Waals surface area (Å²) in [7, 11) is 0. The largest absolute Gasteiger partial charge is 0.330 e. The molecule has 1 aromatic heterocycles. The van der Waals surface area contributed by atoms with Crippen molar-refractivity contribution in [2.75, 3.05) is 0 Å². The highest BCUT2D eigenvalue weighted by atomic mass is 19.2. The minimum absolute atomic E-state index is 0.149. The first kappa shape index (κ1) is 12.4. The van der Waals surface area contributed by atoms with Gasteiger partial charge in [0, 0.05) is 18.7 Å². The smallest absolute Gasteiger partial charge is 0.179 e. The quantitative estimate of drug-likeness (QED) is 0.785. The second kappa shape index (κ2) is 4.68. The molecule has 2 aromatic rings. The summed E-state index contributed by atoms with van der Waals surface area (Å²) in [5, 5.41) is 0. The topological polar surface area (TPSA) is 34.9 Å². The molecule has 0 saturated heterocycles. The number of carbonyl (C=O) groups excluding carboxylic acids is 1. The van der Waals surface area contributed by atoms with E-state index in [0.29, 0.717) is 11.5 Å². The van der Waals surface area contributed by atoms with Gasteiger partial charge in [-0.2, -0.15) is 0 Å². The van der Waals surface area contributed by atoms with Gasteiger partial charge in [0.05, 0.1) is 6.54 Å². The molecule has 0 bridgehead atoms. The maximum absolute atomic E-state index is 13.5. The van der Waals surface area contributed by atoms with Gasteiger partial charge in [0.25, 0.3) is 0 Å². The number of Topliss-reactive ketones (excluding diaryl/α,β-unsaturated/α-hetero) is 1. The van der Waals surface area contributed by atoms with E-state index in [4.69, 9.17) is 0 Å². The van der Waals surface area contributed by atoms with Crippen LogP contribution in [0.4, 0.5) is 8.78 Å². The zero-order chi connectivity index (χ0) is 13.3. The summed E-state index contributed by atoms with van der Waals surface area (Å²) in [6.07, 6.45) is 1.54. The molecule has 0 N–H and O–H groups in total. The number of ketones is 1. The summed E-state index contributed by atoms with van der Waals surface area (Å²) in [5.41, 5.74) is 0.551. The number of benzene rings is 1. The Morgan fingerprint density at radius 1 is 1.39 bits per heavy atom. The van der Waals surface area contributed by atoms with E-state index in [1.54, 1.807) is 17.7 Å². The Hall–Kier alpha value is -2.04. The lowest BCUT2D eigenvalue weighted by Crippen LogP contribution is -2.04. The van der Waals surface area contributed by atoms with Crippen molar-refractivity contribution in [3.63, 3.8) is 0 Å². The fourth-order valence-corrected chi connectivity index (χ4v) is 1.69. The summed E-state index contributed by atoms with van der Waals surface area (Å²) in [5.74, 6) is -1.31. The average Bonchev–Trinajstić information content (AvgIpc) is 2.67. The number of hydrogen-bond acceptors (Lipinski definition) is 2. The molecule has 0 saturated carbocycles. The second-order valence-corrected chi connectivity index (χ2v) is 4.07. The van der Waals surface area contributed by atoms with Crippen LogP contribution in [0.5, 0.6) is 0 Å². The molecule has 0 unspecified atom stereocenters. The van der Waals surface area contributed by atoms with Crippen molar-refractivity contribution < 1.29 is 13.6 Å². The van der Waals surface area contributed by atoms with Gasteiger partial charge in [0.2, 0.25) is 0 Å². The van der Waals surface area contributed by atoms with Crippen molar-refractivity contribution in [2.45, 2.75) is 20.4 Å². The normalized spacial score (nSPS) is 10.7. The first-order valence-electron chi connectivity index (χ1n) is 5.46. The van der Waals surface area contributed by atoms with Gasteiger partial charge in [-0.15, -0.1) is 0 Å². The summed E-state index contributed by atoms with van der Waals surface area (Å²) in [4.78, 5) is 15.2. The van der Waals surface area contributed by atoms with Crippen molar-refractivity contribution in [3.05, 3.63) is 53.1 Å². The van der Waals surface area contributed by atoms with Gasteiger partial charge < -0.3 is 4.57 Å². The Balaban J connectivity index is 2.34. The van der Waals surface area contributed by atoms with Gasteiger partial charge in [-0.05, 0) is 13.0 Å². The zero-order valence-electron chi connectivity index (χ0n) is 10.1. The Labute approximate surface area is 103 Å². The third-order valence-corrected chi connectivity index (χ3v) is 2.71. The molecule has 1 heterocycles. The minimum Gasteiger partial charge on any atom is -0.330 e. The lowest BCUT2D eigenvalue weighted by atomic mass is 10.2. The molecule has 0 aliphatic rings. The van der Waals surface area contributed by atoms with E-state index in [0.717, 1.165) is 6.07 Å². The van der Waals surface area contributed by atoms with Crippen molar-refractivity contribution in [2.24, 2.45) is 0 Å². The molecule has 2 rings (SSSR count). The molecule has 0 spiro atoms. The molecule has 0 radical (unpaired) electrons. The standard InChI is InChI=1S/C13H12F2N2O/c1-8(18)12-7-17(9(2)16-12)6-10-4-3-5-11(14)13(10)15/h3-5,7H,6H2,1-2H3. The summed E-state index contributed by atoms with van der Waals surface area (Å²) in [6, 6.07) is 4.03. The Kier molecular flexibility index (Phi) is 3.23. The fraction of sp³-hybridized carbons (Fsp3) is 0.231. The minimum atomic E-state index is -0.878. The molecule has 5 heteroatoms. The number of aromatic nitrogens is 2. The first-order chi connectivity index (χ1) is 8.49. The van der Waals surface area contributed by atoms with E-state index in [9.17, 15) is 13.6 Å². The van der Waals surface area contributed by atoms with Gasteiger partial charge in [-0.1, -0.05) is 12.1 Å². The molecule has 0 fully saturated rings. The number of rotatable bonds is 3. The monoisotopic (exact) mass is 250 g/mol. The highest BCUT2D eigenvalue weighted by molar-refractivity contribution is 5.91.